The van der Waals surface area contributed by atoms with Crippen LogP contribution >= 0.6 is 0 Å². The molecule has 1 fully saturated rings. The van der Waals surface area contributed by atoms with Crippen LogP contribution in [0.2, 0.25) is 18.1 Å². The molecule has 21 heavy (non-hydrogen) atoms. The van der Waals surface area contributed by atoms with Crippen LogP contribution < -0.4 is 0 Å². The monoisotopic (exact) mass is 305 g/mol. The molecule has 0 unspecified atom stereocenters. The van der Waals surface area contributed by atoms with Crippen molar-refractivity contribution in [3.05, 3.63) is 35.9 Å². The first-order chi connectivity index (χ1) is 9.78. The van der Waals surface area contributed by atoms with Gasteiger partial charge in [0.2, 0.25) is 0 Å². The van der Waals surface area contributed by atoms with E-state index in [1.165, 1.54) is 37.9 Å². The largest absolute Gasteiger partial charge is 0.432 e. The normalized spacial score (nSPS) is 18.9. The highest BCUT2D eigenvalue weighted by molar-refractivity contribution is 6.72. The summed E-state index contributed by atoms with van der Waals surface area (Å²) in [7, 11) is -2.06. The molecular weight excluding hydrogens is 274 g/mol. The van der Waals surface area contributed by atoms with E-state index >= 15 is 0 Å². The van der Waals surface area contributed by atoms with Crippen molar-refractivity contribution >= 4 is 8.32 Å². The highest BCUT2D eigenvalue weighted by Crippen LogP contribution is 2.43. The Morgan fingerprint density at radius 2 is 1.71 bits per heavy atom. The van der Waals surface area contributed by atoms with Gasteiger partial charge in [0, 0.05) is 6.54 Å². The van der Waals surface area contributed by atoms with E-state index in [1.807, 2.05) is 0 Å². The average molecular weight is 306 g/mol. The maximum absolute atomic E-state index is 10.5. The number of nitrogens with zero attached hydrogens (tertiary/aromatic N) is 1. The topological polar surface area (TPSA) is 23.5 Å². The Kier molecular flexibility index (Phi) is 5.28. The predicted molar refractivity (Wildman–Crippen MR) is 92.8 cm³/mol. The Morgan fingerprint density at radius 3 is 2.24 bits per heavy atom. The molecule has 1 aromatic rings. The van der Waals surface area contributed by atoms with Crippen LogP contribution in [-0.4, -0.2) is 31.1 Å². The van der Waals surface area contributed by atoms with Crippen LogP contribution in [0.1, 0.15) is 38.7 Å². The van der Waals surface area contributed by atoms with Gasteiger partial charge in [-0.1, -0.05) is 44.2 Å². The standard InChI is InChI=1S/C18H31NOSi/c1-18(2,21(3,4)20)14-16-10-12-19(13-11-16)15-17-8-6-5-7-9-17/h5-9,16,20H,10-15H2,1-4H3. The summed E-state index contributed by atoms with van der Waals surface area (Å²) in [4.78, 5) is 13.0. The summed E-state index contributed by atoms with van der Waals surface area (Å²) in [5.74, 6) is 0.783. The molecule has 0 radical (unpaired) electrons. The molecule has 0 aromatic heterocycles. The van der Waals surface area contributed by atoms with E-state index in [4.69, 9.17) is 0 Å². The summed E-state index contributed by atoms with van der Waals surface area (Å²) in [6, 6.07) is 10.8. The fourth-order valence-electron chi connectivity index (χ4n) is 3.16. The molecule has 1 aromatic carbocycles. The molecule has 2 nitrogen and oxygen atoms in total. The first kappa shape index (κ1) is 16.7. The maximum Gasteiger partial charge on any atom is 0.188 e. The summed E-state index contributed by atoms with van der Waals surface area (Å²) in [5.41, 5.74) is 1.42. The smallest absolute Gasteiger partial charge is 0.188 e. The molecule has 0 saturated carbocycles. The first-order valence-electron chi connectivity index (χ1n) is 8.26. The predicted octanol–water partition coefficient (Wildman–Crippen LogP) is 4.27. The Balaban J connectivity index is 1.81. The lowest BCUT2D eigenvalue weighted by Gasteiger charge is -2.40. The highest BCUT2D eigenvalue weighted by atomic mass is 28.4. The Bertz CT molecular complexity index is 430. The third-order valence-corrected chi connectivity index (χ3v) is 8.93. The minimum atomic E-state index is -2.06. The van der Waals surface area contributed by atoms with Crippen molar-refractivity contribution in [2.24, 2.45) is 5.92 Å². The number of hydrogen-bond acceptors (Lipinski definition) is 2. The molecule has 118 valence electrons. The van der Waals surface area contributed by atoms with Crippen molar-refractivity contribution in [3.8, 4) is 0 Å². The van der Waals surface area contributed by atoms with E-state index in [2.05, 4.69) is 62.2 Å². The van der Waals surface area contributed by atoms with E-state index in [1.54, 1.807) is 0 Å². The summed E-state index contributed by atoms with van der Waals surface area (Å²) in [5, 5.41) is 0.124. The van der Waals surface area contributed by atoms with Gasteiger partial charge in [0.25, 0.3) is 0 Å². The summed E-state index contributed by atoms with van der Waals surface area (Å²) in [6.07, 6.45) is 3.74. The zero-order chi connectivity index (χ0) is 15.5. The van der Waals surface area contributed by atoms with E-state index < -0.39 is 8.32 Å². The minimum Gasteiger partial charge on any atom is -0.432 e. The van der Waals surface area contributed by atoms with Gasteiger partial charge in [-0.05, 0) is 62.0 Å². The van der Waals surface area contributed by atoms with Gasteiger partial charge < -0.3 is 4.80 Å². The van der Waals surface area contributed by atoms with Crippen LogP contribution in [0, 0.1) is 5.92 Å². The second-order valence-electron chi connectivity index (χ2n) is 7.85. The van der Waals surface area contributed by atoms with Gasteiger partial charge in [0.15, 0.2) is 8.32 Å². The molecule has 1 aliphatic heterocycles. The van der Waals surface area contributed by atoms with Gasteiger partial charge in [-0.2, -0.15) is 0 Å². The van der Waals surface area contributed by atoms with Gasteiger partial charge in [-0.15, -0.1) is 0 Å². The molecule has 3 heteroatoms. The number of piperidine rings is 1. The maximum atomic E-state index is 10.5. The van der Waals surface area contributed by atoms with Crippen molar-refractivity contribution in [1.29, 1.82) is 0 Å². The average Bonchev–Trinajstić information content (AvgIpc) is 2.41. The summed E-state index contributed by atoms with van der Waals surface area (Å²) < 4.78 is 0. The third-order valence-electron chi connectivity index (χ3n) is 5.41. The molecule has 0 aliphatic carbocycles. The fraction of sp³-hybridized carbons (Fsp3) is 0.667. The van der Waals surface area contributed by atoms with Crippen molar-refractivity contribution < 1.29 is 4.80 Å². The van der Waals surface area contributed by atoms with Crippen LogP contribution in [0.4, 0.5) is 0 Å². The Labute approximate surface area is 131 Å². The zero-order valence-corrected chi connectivity index (χ0v) is 15.1. The SMILES string of the molecule is CC(C)(CC1CCN(Cc2ccccc2)CC1)[Si](C)(C)O. The van der Waals surface area contributed by atoms with Crippen molar-refractivity contribution in [2.45, 2.75) is 57.8 Å². The fourth-order valence-corrected chi connectivity index (χ4v) is 3.95. The Morgan fingerprint density at radius 1 is 1.14 bits per heavy atom. The first-order valence-corrected chi connectivity index (χ1v) is 11.2. The lowest BCUT2D eigenvalue weighted by molar-refractivity contribution is 0.163. The van der Waals surface area contributed by atoms with E-state index in [-0.39, 0.29) is 5.04 Å². The number of hydrogen-bond donors (Lipinski definition) is 1. The lowest BCUT2D eigenvalue weighted by Crippen LogP contribution is -2.42. The lowest BCUT2D eigenvalue weighted by atomic mass is 9.88. The van der Waals surface area contributed by atoms with Crippen LogP contribution in [0.15, 0.2) is 30.3 Å². The minimum absolute atomic E-state index is 0.124. The molecule has 1 aliphatic rings. The number of rotatable bonds is 5. The molecule has 1 N–H and O–H groups in total. The van der Waals surface area contributed by atoms with Gasteiger partial charge in [-0.3, -0.25) is 4.90 Å². The van der Waals surface area contributed by atoms with Crippen molar-refractivity contribution in [2.75, 3.05) is 13.1 Å². The molecule has 0 spiro atoms. The zero-order valence-electron chi connectivity index (χ0n) is 14.1. The van der Waals surface area contributed by atoms with Crippen molar-refractivity contribution in [1.82, 2.24) is 4.90 Å². The van der Waals surface area contributed by atoms with Gasteiger partial charge in [0.05, 0.1) is 0 Å². The molecule has 0 atom stereocenters. The second kappa shape index (κ2) is 6.63. The van der Waals surface area contributed by atoms with Crippen LogP contribution in [0.5, 0.6) is 0 Å². The molecule has 1 heterocycles. The highest BCUT2D eigenvalue weighted by Gasteiger charge is 2.39. The van der Waals surface area contributed by atoms with Gasteiger partial charge in [-0.25, -0.2) is 0 Å². The van der Waals surface area contributed by atoms with Gasteiger partial charge in [0.1, 0.15) is 0 Å². The number of benzene rings is 1. The third kappa shape index (κ3) is 4.66. The van der Waals surface area contributed by atoms with Gasteiger partial charge >= 0.3 is 0 Å². The number of likely N-dealkylation sites (tertiary alicyclic amines) is 1. The van der Waals surface area contributed by atoms with Crippen molar-refractivity contribution in [3.63, 3.8) is 0 Å². The summed E-state index contributed by atoms with van der Waals surface area (Å²) >= 11 is 0. The van der Waals surface area contributed by atoms with Crippen LogP contribution in [-0.2, 0) is 6.54 Å². The van der Waals surface area contributed by atoms with E-state index in [9.17, 15) is 4.80 Å². The van der Waals surface area contributed by atoms with Crippen LogP contribution in [0.3, 0.4) is 0 Å². The Hall–Kier alpha value is -0.643. The van der Waals surface area contributed by atoms with E-state index in [0.717, 1.165) is 12.5 Å². The van der Waals surface area contributed by atoms with E-state index in [0.29, 0.717) is 0 Å². The molecule has 0 bridgehead atoms. The quantitative estimate of drug-likeness (QED) is 0.821. The second-order valence-corrected chi connectivity index (χ2v) is 12.3. The molecule has 0 amide bonds. The molecule has 2 rings (SSSR count). The molecular formula is C18H31NOSi. The molecule has 1 saturated heterocycles. The van der Waals surface area contributed by atoms with Crippen LogP contribution in [0.25, 0.3) is 0 Å². The summed E-state index contributed by atoms with van der Waals surface area (Å²) in [6.45, 7) is 12.2.